The van der Waals surface area contributed by atoms with Crippen molar-refractivity contribution in [3.05, 3.63) is 34.7 Å². The molecule has 30 heavy (non-hydrogen) atoms. The number of nitrogens with one attached hydrogen (secondary N) is 2. The maximum Gasteiger partial charge on any atom is 0.152 e. The van der Waals surface area contributed by atoms with Gasteiger partial charge in [-0.2, -0.15) is 0 Å². The van der Waals surface area contributed by atoms with Gasteiger partial charge >= 0.3 is 0 Å². The second kappa shape index (κ2) is 10.1. The van der Waals surface area contributed by atoms with Gasteiger partial charge in [-0.3, -0.25) is 0 Å². The van der Waals surface area contributed by atoms with E-state index in [0.717, 1.165) is 80.9 Å². The van der Waals surface area contributed by atoms with Gasteiger partial charge in [0.25, 0.3) is 0 Å². The fourth-order valence-corrected chi connectivity index (χ4v) is 4.52. The van der Waals surface area contributed by atoms with Crippen molar-refractivity contribution in [1.29, 1.82) is 0 Å². The van der Waals surface area contributed by atoms with Crippen molar-refractivity contribution in [1.82, 2.24) is 9.97 Å². The predicted molar refractivity (Wildman–Crippen MR) is 123 cm³/mol. The Kier molecular flexibility index (Phi) is 7.31. The van der Waals surface area contributed by atoms with Crippen LogP contribution in [0.4, 0.5) is 11.5 Å². The lowest BCUT2D eigenvalue weighted by Crippen LogP contribution is -2.33. The summed E-state index contributed by atoms with van der Waals surface area (Å²) in [5, 5.41) is 8.05. The van der Waals surface area contributed by atoms with E-state index in [0.29, 0.717) is 28.2 Å². The van der Waals surface area contributed by atoms with E-state index in [1.54, 1.807) is 12.4 Å². The summed E-state index contributed by atoms with van der Waals surface area (Å²) >= 11 is 12.8. The van der Waals surface area contributed by atoms with Gasteiger partial charge in [0, 0.05) is 55.4 Å². The lowest BCUT2D eigenvalue weighted by atomic mass is 9.92. The van der Waals surface area contributed by atoms with E-state index in [2.05, 4.69) is 20.6 Å². The first-order chi connectivity index (χ1) is 14.6. The highest BCUT2D eigenvalue weighted by Gasteiger charge is 2.19. The molecule has 0 amide bonds. The van der Waals surface area contributed by atoms with E-state index in [4.69, 9.17) is 33.7 Å². The van der Waals surface area contributed by atoms with E-state index < -0.39 is 0 Å². The zero-order chi connectivity index (χ0) is 20.9. The second-order valence-corrected chi connectivity index (χ2v) is 9.07. The number of rotatable bonds is 6. The lowest BCUT2D eigenvalue weighted by molar-refractivity contribution is 0.0699. The van der Waals surface area contributed by atoms with Gasteiger partial charge in [0.1, 0.15) is 5.82 Å². The predicted octanol–water partition coefficient (Wildman–Crippen LogP) is 4.97. The Morgan fingerprint density at radius 1 is 1.00 bits per heavy atom. The Balaban J connectivity index is 1.48. The fraction of sp³-hybridized carbons (Fsp3) is 0.545. The van der Waals surface area contributed by atoms with Gasteiger partial charge in [-0.15, -0.1) is 0 Å². The molecule has 4 rings (SSSR count). The Morgan fingerprint density at radius 3 is 2.53 bits per heavy atom. The summed E-state index contributed by atoms with van der Waals surface area (Å²) in [7, 11) is 0. The van der Waals surface area contributed by atoms with Gasteiger partial charge in [-0.05, 0) is 56.6 Å². The summed E-state index contributed by atoms with van der Waals surface area (Å²) in [4.78, 5) is 8.85. The van der Waals surface area contributed by atoms with E-state index in [9.17, 15) is 0 Å². The molecule has 8 heteroatoms. The molecule has 0 radical (unpaired) electrons. The smallest absolute Gasteiger partial charge is 0.152 e. The largest absolute Gasteiger partial charge is 0.382 e. The molecule has 4 N–H and O–H groups in total. The second-order valence-electron chi connectivity index (χ2n) is 8.30. The monoisotopic (exact) mass is 449 g/mol. The third-order valence-electron chi connectivity index (χ3n) is 6.05. The third-order valence-corrected chi connectivity index (χ3v) is 6.65. The van der Waals surface area contributed by atoms with Crippen LogP contribution in [-0.4, -0.2) is 41.8 Å². The van der Waals surface area contributed by atoms with E-state index >= 15 is 0 Å². The zero-order valence-electron chi connectivity index (χ0n) is 17.0. The van der Waals surface area contributed by atoms with Gasteiger partial charge in [-0.25, -0.2) is 9.97 Å². The van der Waals surface area contributed by atoms with Gasteiger partial charge < -0.3 is 21.1 Å². The quantitative estimate of drug-likeness (QED) is 0.539. The minimum Gasteiger partial charge on any atom is -0.382 e. The molecule has 1 saturated heterocycles. The molecule has 2 fully saturated rings. The van der Waals surface area contributed by atoms with Crippen LogP contribution in [0.3, 0.4) is 0 Å². The van der Waals surface area contributed by atoms with Crippen LogP contribution in [0.15, 0.2) is 24.5 Å². The number of halogens is 2. The normalized spacial score (nSPS) is 22.6. The summed E-state index contributed by atoms with van der Waals surface area (Å²) in [6.07, 6.45) is 9.78. The SMILES string of the molecule is NC1CCC(Nc2cc(-c3cnc(Cl)c(NCC4CCOCC4)c3)c(Cl)cn2)CC1. The van der Waals surface area contributed by atoms with Crippen molar-refractivity contribution in [2.75, 3.05) is 30.4 Å². The molecular weight excluding hydrogens is 421 g/mol. The van der Waals surface area contributed by atoms with Crippen LogP contribution in [0.5, 0.6) is 0 Å². The van der Waals surface area contributed by atoms with Crippen LogP contribution in [0.2, 0.25) is 10.2 Å². The molecule has 0 spiro atoms. The third kappa shape index (κ3) is 5.55. The van der Waals surface area contributed by atoms with Crippen molar-refractivity contribution < 1.29 is 4.74 Å². The van der Waals surface area contributed by atoms with E-state index in [-0.39, 0.29) is 0 Å². The van der Waals surface area contributed by atoms with E-state index in [1.165, 1.54) is 0 Å². The molecule has 2 aliphatic rings. The minimum atomic E-state index is 0.323. The van der Waals surface area contributed by atoms with E-state index in [1.807, 2.05) is 12.1 Å². The summed E-state index contributed by atoms with van der Waals surface area (Å²) in [5.41, 5.74) is 8.64. The molecule has 0 unspecified atom stereocenters. The molecule has 1 saturated carbocycles. The molecule has 0 bridgehead atoms. The van der Waals surface area contributed by atoms with Crippen LogP contribution in [0.1, 0.15) is 38.5 Å². The van der Waals surface area contributed by atoms with Gasteiger partial charge in [0.05, 0.1) is 10.7 Å². The molecule has 162 valence electrons. The average molecular weight is 450 g/mol. The maximum absolute atomic E-state index is 6.48. The number of hydrogen-bond donors (Lipinski definition) is 3. The molecule has 2 aromatic heterocycles. The van der Waals surface area contributed by atoms with Crippen molar-refractivity contribution in [2.45, 2.75) is 50.6 Å². The number of anilines is 2. The van der Waals surface area contributed by atoms with Gasteiger partial charge in [0.15, 0.2) is 5.15 Å². The Bertz CT molecular complexity index is 851. The molecule has 0 aromatic carbocycles. The lowest BCUT2D eigenvalue weighted by Gasteiger charge is -2.27. The number of pyridine rings is 2. The molecule has 0 atom stereocenters. The highest BCUT2D eigenvalue weighted by atomic mass is 35.5. The Hall–Kier alpha value is -1.60. The maximum atomic E-state index is 6.48. The van der Waals surface area contributed by atoms with Crippen LogP contribution < -0.4 is 16.4 Å². The van der Waals surface area contributed by atoms with Crippen LogP contribution in [-0.2, 0) is 4.74 Å². The first-order valence-corrected chi connectivity index (χ1v) is 11.5. The average Bonchev–Trinajstić information content (AvgIpc) is 2.77. The van der Waals surface area contributed by atoms with Crippen molar-refractivity contribution in [2.24, 2.45) is 11.7 Å². The van der Waals surface area contributed by atoms with Crippen molar-refractivity contribution in [3.8, 4) is 11.1 Å². The molecule has 3 heterocycles. The number of nitrogens with zero attached hydrogens (tertiary/aromatic N) is 2. The first kappa shape index (κ1) is 21.6. The number of ether oxygens (including phenoxy) is 1. The highest BCUT2D eigenvalue weighted by molar-refractivity contribution is 6.33. The Labute approximate surface area is 187 Å². The first-order valence-electron chi connectivity index (χ1n) is 10.7. The molecule has 6 nitrogen and oxygen atoms in total. The van der Waals surface area contributed by atoms with Crippen molar-refractivity contribution >= 4 is 34.7 Å². The number of aromatic nitrogens is 2. The number of hydrogen-bond acceptors (Lipinski definition) is 6. The summed E-state index contributed by atoms with van der Waals surface area (Å²) < 4.78 is 5.44. The molecular formula is C22H29Cl2N5O. The summed E-state index contributed by atoms with van der Waals surface area (Å²) in [6.45, 7) is 2.51. The minimum absolute atomic E-state index is 0.323. The van der Waals surface area contributed by atoms with Gasteiger partial charge in [-0.1, -0.05) is 23.2 Å². The standard InChI is InChI=1S/C22H29Cl2N5O/c23-19-13-27-21(29-17-3-1-16(25)2-4-17)10-18(19)15-9-20(22(24)28-12-15)26-11-14-5-7-30-8-6-14/h9-10,12-14,16-17,26H,1-8,11,25H2,(H,27,29). The topological polar surface area (TPSA) is 85.1 Å². The summed E-state index contributed by atoms with van der Waals surface area (Å²) in [6, 6.07) is 4.72. The van der Waals surface area contributed by atoms with Crippen molar-refractivity contribution in [3.63, 3.8) is 0 Å². The van der Waals surface area contributed by atoms with Crippen LogP contribution in [0.25, 0.3) is 11.1 Å². The Morgan fingerprint density at radius 2 is 1.77 bits per heavy atom. The van der Waals surface area contributed by atoms with Gasteiger partial charge in [0.2, 0.25) is 0 Å². The summed E-state index contributed by atoms with van der Waals surface area (Å²) in [5.74, 6) is 1.41. The van der Waals surface area contributed by atoms with Crippen LogP contribution in [0, 0.1) is 5.92 Å². The molecule has 1 aliphatic carbocycles. The number of nitrogens with two attached hydrogens (primary N) is 1. The highest BCUT2D eigenvalue weighted by Crippen LogP contribution is 2.33. The molecule has 1 aliphatic heterocycles. The van der Waals surface area contributed by atoms with Crippen LogP contribution >= 0.6 is 23.2 Å². The fourth-order valence-electron chi connectivity index (χ4n) is 4.14. The zero-order valence-corrected chi connectivity index (χ0v) is 18.6. The molecule has 2 aromatic rings.